The first-order chi connectivity index (χ1) is 7.70. The number of nitrogens with zero attached hydrogens (tertiary/aromatic N) is 1. The Labute approximate surface area is 98.8 Å². The molecule has 1 aromatic heterocycles. The summed E-state index contributed by atoms with van der Waals surface area (Å²) >= 11 is 5.85. The molecule has 1 heterocycles. The molecule has 0 aliphatic heterocycles. The maximum Gasteiger partial charge on any atom is 0.213 e. The molecule has 16 heavy (non-hydrogen) atoms. The van der Waals surface area contributed by atoms with Gasteiger partial charge in [0.2, 0.25) is 5.88 Å². The minimum atomic E-state index is 0.562. The van der Waals surface area contributed by atoms with E-state index in [2.05, 4.69) is 4.98 Å². The van der Waals surface area contributed by atoms with Crippen LogP contribution in [-0.4, -0.2) is 12.1 Å². The van der Waals surface area contributed by atoms with Crippen LogP contribution in [0.15, 0.2) is 36.5 Å². The largest absolute Gasteiger partial charge is 0.481 e. The van der Waals surface area contributed by atoms with Gasteiger partial charge in [0.15, 0.2) is 0 Å². The van der Waals surface area contributed by atoms with Gasteiger partial charge in [0.25, 0.3) is 0 Å². The van der Waals surface area contributed by atoms with Crippen LogP contribution in [0.5, 0.6) is 5.88 Å². The molecule has 0 spiro atoms. The Hall–Kier alpha value is -1.74. The first-order valence-corrected chi connectivity index (χ1v) is 5.14. The fourth-order valence-electron chi connectivity index (χ4n) is 1.49. The number of rotatable bonds is 2. The zero-order valence-electron chi connectivity index (χ0n) is 8.77. The Kier molecular flexibility index (Phi) is 2.97. The molecular formula is C12H11ClN2O. The Morgan fingerprint density at radius 2 is 2.06 bits per heavy atom. The lowest BCUT2D eigenvalue weighted by Crippen LogP contribution is -1.92. The molecule has 4 heteroatoms. The predicted molar refractivity (Wildman–Crippen MR) is 65.6 cm³/mol. The second-order valence-corrected chi connectivity index (χ2v) is 3.75. The highest BCUT2D eigenvalue weighted by Gasteiger charge is 2.04. The normalized spacial score (nSPS) is 10.1. The van der Waals surface area contributed by atoms with Crippen molar-refractivity contribution >= 4 is 17.3 Å². The summed E-state index contributed by atoms with van der Waals surface area (Å²) in [6, 6.07) is 9.12. The second-order valence-electron chi connectivity index (χ2n) is 3.32. The lowest BCUT2D eigenvalue weighted by molar-refractivity contribution is 0.398. The first-order valence-electron chi connectivity index (χ1n) is 4.76. The molecular weight excluding hydrogens is 224 g/mol. The molecule has 0 aliphatic carbocycles. The third kappa shape index (κ3) is 2.09. The Balaban J connectivity index is 2.49. The number of nitrogen functional groups attached to an aromatic ring is 1. The monoisotopic (exact) mass is 234 g/mol. The van der Waals surface area contributed by atoms with Crippen molar-refractivity contribution in [1.29, 1.82) is 0 Å². The zero-order valence-corrected chi connectivity index (χ0v) is 9.53. The van der Waals surface area contributed by atoms with Crippen molar-refractivity contribution in [3.8, 4) is 17.0 Å². The smallest absolute Gasteiger partial charge is 0.213 e. The number of ether oxygens (including phenoxy) is 1. The molecule has 0 fully saturated rings. The van der Waals surface area contributed by atoms with Crippen LogP contribution in [-0.2, 0) is 0 Å². The van der Waals surface area contributed by atoms with Crippen LogP contribution in [0.4, 0.5) is 5.69 Å². The van der Waals surface area contributed by atoms with E-state index in [-0.39, 0.29) is 0 Å². The van der Waals surface area contributed by atoms with Gasteiger partial charge in [-0.05, 0) is 23.8 Å². The van der Waals surface area contributed by atoms with Crippen molar-refractivity contribution in [1.82, 2.24) is 4.98 Å². The van der Waals surface area contributed by atoms with E-state index in [0.29, 0.717) is 16.6 Å². The molecule has 0 unspecified atom stereocenters. The summed E-state index contributed by atoms with van der Waals surface area (Å²) in [6.45, 7) is 0. The van der Waals surface area contributed by atoms with Gasteiger partial charge in [-0.2, -0.15) is 0 Å². The molecule has 2 rings (SSSR count). The van der Waals surface area contributed by atoms with E-state index in [1.54, 1.807) is 25.4 Å². The van der Waals surface area contributed by atoms with Crippen LogP contribution in [0.2, 0.25) is 5.02 Å². The van der Waals surface area contributed by atoms with Crippen LogP contribution >= 0.6 is 11.6 Å². The number of benzene rings is 1. The van der Waals surface area contributed by atoms with Gasteiger partial charge in [-0.15, -0.1) is 0 Å². The third-order valence-corrected chi connectivity index (χ3v) is 2.50. The van der Waals surface area contributed by atoms with E-state index in [4.69, 9.17) is 22.1 Å². The number of hydrogen-bond acceptors (Lipinski definition) is 3. The lowest BCUT2D eigenvalue weighted by atomic mass is 10.1. The number of anilines is 1. The Morgan fingerprint density at radius 1 is 1.25 bits per heavy atom. The van der Waals surface area contributed by atoms with Crippen molar-refractivity contribution < 1.29 is 4.74 Å². The third-order valence-electron chi connectivity index (χ3n) is 2.27. The van der Waals surface area contributed by atoms with E-state index in [0.717, 1.165) is 11.1 Å². The van der Waals surface area contributed by atoms with Gasteiger partial charge >= 0.3 is 0 Å². The number of methoxy groups -OCH3 is 1. The van der Waals surface area contributed by atoms with Crippen LogP contribution in [0.25, 0.3) is 11.1 Å². The number of halogens is 1. The minimum Gasteiger partial charge on any atom is -0.481 e. The van der Waals surface area contributed by atoms with E-state index in [1.165, 1.54) is 0 Å². The highest BCUT2D eigenvalue weighted by atomic mass is 35.5. The van der Waals surface area contributed by atoms with Crippen molar-refractivity contribution in [3.05, 3.63) is 41.6 Å². The molecule has 2 N–H and O–H groups in total. The summed E-state index contributed by atoms with van der Waals surface area (Å²) in [5.41, 5.74) is 8.42. The van der Waals surface area contributed by atoms with Crippen LogP contribution in [0, 0.1) is 0 Å². The average molecular weight is 235 g/mol. The van der Waals surface area contributed by atoms with E-state index in [9.17, 15) is 0 Å². The average Bonchev–Trinajstić information content (AvgIpc) is 2.29. The summed E-state index contributed by atoms with van der Waals surface area (Å²) in [5.74, 6) is 0.562. The highest BCUT2D eigenvalue weighted by molar-refractivity contribution is 6.31. The van der Waals surface area contributed by atoms with Crippen LogP contribution < -0.4 is 10.5 Å². The summed E-state index contributed by atoms with van der Waals surface area (Å²) in [6.07, 6.45) is 1.68. The molecule has 3 nitrogen and oxygen atoms in total. The molecule has 0 saturated carbocycles. The van der Waals surface area contributed by atoms with Crippen molar-refractivity contribution in [2.45, 2.75) is 0 Å². The minimum absolute atomic E-state index is 0.562. The van der Waals surface area contributed by atoms with Gasteiger partial charge in [-0.1, -0.05) is 17.7 Å². The van der Waals surface area contributed by atoms with E-state index >= 15 is 0 Å². The molecule has 0 saturated heterocycles. The molecule has 82 valence electrons. The maximum absolute atomic E-state index is 5.90. The SMILES string of the molecule is COc1cc(-c2ccc(Cl)cc2N)ccn1. The predicted octanol–water partition coefficient (Wildman–Crippen LogP) is 2.99. The molecule has 2 aromatic rings. The summed E-state index contributed by atoms with van der Waals surface area (Å²) in [4.78, 5) is 4.04. The summed E-state index contributed by atoms with van der Waals surface area (Å²) in [5, 5.41) is 0.627. The molecule has 0 radical (unpaired) electrons. The van der Waals surface area contributed by atoms with Gasteiger partial charge < -0.3 is 10.5 Å². The maximum atomic E-state index is 5.90. The molecule has 1 aromatic carbocycles. The van der Waals surface area contributed by atoms with E-state index < -0.39 is 0 Å². The fraction of sp³-hybridized carbons (Fsp3) is 0.0833. The first kappa shape index (κ1) is 10.8. The van der Waals surface area contributed by atoms with Crippen molar-refractivity contribution in [3.63, 3.8) is 0 Å². The number of nitrogens with two attached hydrogens (primary N) is 1. The van der Waals surface area contributed by atoms with Crippen LogP contribution in [0.3, 0.4) is 0 Å². The quantitative estimate of drug-likeness (QED) is 0.813. The summed E-state index contributed by atoms with van der Waals surface area (Å²) < 4.78 is 5.06. The standard InChI is InChI=1S/C12H11ClN2O/c1-16-12-6-8(4-5-15-12)10-3-2-9(13)7-11(10)14/h2-7H,14H2,1H3. The Morgan fingerprint density at radius 3 is 2.75 bits per heavy atom. The number of pyridine rings is 1. The van der Waals surface area contributed by atoms with Gasteiger partial charge in [0, 0.05) is 28.5 Å². The molecule has 0 bridgehead atoms. The van der Waals surface area contributed by atoms with Gasteiger partial charge in [0.05, 0.1) is 7.11 Å². The lowest BCUT2D eigenvalue weighted by Gasteiger charge is -2.07. The molecule has 0 amide bonds. The topological polar surface area (TPSA) is 48.1 Å². The van der Waals surface area contributed by atoms with Gasteiger partial charge in [0.1, 0.15) is 0 Å². The van der Waals surface area contributed by atoms with Crippen molar-refractivity contribution in [2.24, 2.45) is 0 Å². The number of hydrogen-bond donors (Lipinski definition) is 1. The highest BCUT2D eigenvalue weighted by Crippen LogP contribution is 2.29. The fourth-order valence-corrected chi connectivity index (χ4v) is 1.67. The number of aromatic nitrogens is 1. The second kappa shape index (κ2) is 4.41. The molecule has 0 aliphatic rings. The van der Waals surface area contributed by atoms with Gasteiger partial charge in [-0.25, -0.2) is 4.98 Å². The van der Waals surface area contributed by atoms with Crippen LogP contribution in [0.1, 0.15) is 0 Å². The van der Waals surface area contributed by atoms with Gasteiger partial charge in [-0.3, -0.25) is 0 Å². The Bertz CT molecular complexity index is 514. The summed E-state index contributed by atoms with van der Waals surface area (Å²) in [7, 11) is 1.58. The zero-order chi connectivity index (χ0) is 11.5. The van der Waals surface area contributed by atoms with E-state index in [1.807, 2.05) is 18.2 Å². The molecule has 0 atom stereocenters. The van der Waals surface area contributed by atoms with Crippen molar-refractivity contribution in [2.75, 3.05) is 12.8 Å².